The zero-order valence-electron chi connectivity index (χ0n) is 25.2. The first kappa shape index (κ1) is 26.9. The van der Waals surface area contributed by atoms with E-state index in [0.29, 0.717) is 17.5 Å². The van der Waals surface area contributed by atoms with Crippen LogP contribution < -0.4 is 0 Å². The van der Waals surface area contributed by atoms with Crippen molar-refractivity contribution >= 4 is 32.8 Å². The van der Waals surface area contributed by atoms with Crippen molar-refractivity contribution in [1.82, 2.24) is 19.9 Å². The first-order valence-corrected chi connectivity index (χ1v) is 15.6. The first-order valence-electron chi connectivity index (χ1n) is 15.6. The molecule has 0 atom stereocenters. The van der Waals surface area contributed by atoms with Gasteiger partial charge in [0.25, 0.3) is 0 Å². The summed E-state index contributed by atoms with van der Waals surface area (Å²) in [5.74, 6) is 1.89. The molecule has 0 radical (unpaired) electrons. The van der Waals surface area contributed by atoms with Crippen molar-refractivity contribution in [3.8, 4) is 56.5 Å². The molecule has 47 heavy (non-hydrogen) atoms. The fourth-order valence-corrected chi connectivity index (χ4v) is 6.22. The Morgan fingerprint density at radius 1 is 0.362 bits per heavy atom. The highest BCUT2D eigenvalue weighted by atomic mass is 16.3. The van der Waals surface area contributed by atoms with Crippen LogP contribution >= 0.6 is 0 Å². The molecule has 3 heterocycles. The Labute approximate surface area is 270 Å². The molecule has 0 N–H and O–H groups in total. The van der Waals surface area contributed by atoms with E-state index in [0.717, 1.165) is 71.9 Å². The molecular weight excluding hydrogens is 576 g/mol. The molecule has 6 aromatic carbocycles. The van der Waals surface area contributed by atoms with Crippen molar-refractivity contribution < 1.29 is 4.42 Å². The number of furan rings is 1. The number of pyridine rings is 1. The molecule has 0 aliphatic carbocycles. The molecule has 0 saturated carbocycles. The summed E-state index contributed by atoms with van der Waals surface area (Å²) in [4.78, 5) is 19.9. The minimum absolute atomic E-state index is 0.620. The summed E-state index contributed by atoms with van der Waals surface area (Å²) in [6, 6.07) is 53.3. The minimum atomic E-state index is 0.620. The maximum absolute atomic E-state index is 6.56. The number of benzene rings is 6. The van der Waals surface area contributed by atoms with Gasteiger partial charge >= 0.3 is 0 Å². The maximum Gasteiger partial charge on any atom is 0.164 e. The summed E-state index contributed by atoms with van der Waals surface area (Å²) in [7, 11) is 0. The van der Waals surface area contributed by atoms with E-state index >= 15 is 0 Å². The highest BCUT2D eigenvalue weighted by molar-refractivity contribution is 6.19. The topological polar surface area (TPSA) is 64.7 Å². The Morgan fingerprint density at radius 3 is 1.57 bits per heavy atom. The second kappa shape index (κ2) is 11.2. The molecule has 220 valence electrons. The van der Waals surface area contributed by atoms with Gasteiger partial charge in [-0.05, 0) is 35.4 Å². The maximum atomic E-state index is 6.56. The number of fused-ring (bicyclic) bond motifs is 5. The van der Waals surface area contributed by atoms with Gasteiger partial charge < -0.3 is 4.42 Å². The van der Waals surface area contributed by atoms with Gasteiger partial charge in [0.2, 0.25) is 0 Å². The smallest absolute Gasteiger partial charge is 0.164 e. The second-order valence-corrected chi connectivity index (χ2v) is 11.5. The van der Waals surface area contributed by atoms with E-state index in [2.05, 4.69) is 60.7 Å². The average Bonchev–Trinajstić information content (AvgIpc) is 3.55. The van der Waals surface area contributed by atoms with Crippen LogP contribution in [-0.4, -0.2) is 19.9 Å². The minimum Gasteiger partial charge on any atom is -0.455 e. The van der Waals surface area contributed by atoms with Gasteiger partial charge in [-0.1, -0.05) is 133 Å². The molecule has 0 aliphatic rings. The van der Waals surface area contributed by atoms with Crippen LogP contribution in [0.25, 0.3) is 89.4 Å². The lowest BCUT2D eigenvalue weighted by atomic mass is 9.98. The van der Waals surface area contributed by atoms with Crippen LogP contribution in [0, 0.1) is 0 Å². The summed E-state index contributed by atoms with van der Waals surface area (Å²) < 4.78 is 6.56. The van der Waals surface area contributed by atoms with Crippen LogP contribution in [0.15, 0.2) is 162 Å². The van der Waals surface area contributed by atoms with E-state index in [9.17, 15) is 0 Å². The van der Waals surface area contributed by atoms with Crippen molar-refractivity contribution in [2.75, 3.05) is 0 Å². The van der Waals surface area contributed by atoms with Crippen LogP contribution in [0.2, 0.25) is 0 Å². The largest absolute Gasteiger partial charge is 0.455 e. The number of hydrogen-bond acceptors (Lipinski definition) is 5. The second-order valence-electron chi connectivity index (χ2n) is 11.5. The monoisotopic (exact) mass is 602 g/mol. The molecule has 0 unspecified atom stereocenters. The lowest BCUT2D eigenvalue weighted by Gasteiger charge is -2.11. The van der Waals surface area contributed by atoms with E-state index < -0.39 is 0 Å². The summed E-state index contributed by atoms with van der Waals surface area (Å²) in [6.07, 6.45) is 0. The third-order valence-electron chi connectivity index (χ3n) is 8.51. The van der Waals surface area contributed by atoms with Gasteiger partial charge in [0.05, 0.1) is 16.6 Å². The Bertz CT molecular complexity index is 2500. The van der Waals surface area contributed by atoms with E-state index in [4.69, 9.17) is 24.4 Å². The Kier molecular flexibility index (Phi) is 6.39. The number of rotatable bonds is 5. The molecule has 0 aliphatic heterocycles. The van der Waals surface area contributed by atoms with E-state index in [1.54, 1.807) is 0 Å². The van der Waals surface area contributed by atoms with Crippen molar-refractivity contribution in [2.24, 2.45) is 0 Å². The van der Waals surface area contributed by atoms with Crippen molar-refractivity contribution in [3.63, 3.8) is 0 Å². The molecular formula is C42H26N4O. The van der Waals surface area contributed by atoms with Crippen LogP contribution in [-0.2, 0) is 0 Å². The van der Waals surface area contributed by atoms with Crippen LogP contribution in [0.3, 0.4) is 0 Å². The van der Waals surface area contributed by atoms with Crippen LogP contribution in [0.1, 0.15) is 0 Å². The van der Waals surface area contributed by atoms with Gasteiger partial charge in [0.1, 0.15) is 11.2 Å². The standard InChI is InChI=1S/C42H26N4O/c1-4-13-27(14-5-1)38-37-33-21-10-11-22-36(33)47-39(37)34-26-31(23-24-35(34)43-38)30-19-12-20-32(25-30)42-45-40(28-15-6-2-7-16-28)44-41(46-42)29-17-8-3-9-18-29/h1-26H. The van der Waals surface area contributed by atoms with Gasteiger partial charge in [-0.3, -0.25) is 0 Å². The highest BCUT2D eigenvalue weighted by Crippen LogP contribution is 2.40. The average molecular weight is 603 g/mol. The summed E-state index contributed by atoms with van der Waals surface area (Å²) in [6.45, 7) is 0. The predicted molar refractivity (Wildman–Crippen MR) is 190 cm³/mol. The van der Waals surface area contributed by atoms with Gasteiger partial charge in [-0.15, -0.1) is 0 Å². The van der Waals surface area contributed by atoms with Gasteiger partial charge in [-0.2, -0.15) is 0 Å². The molecule has 0 bridgehead atoms. The summed E-state index contributed by atoms with van der Waals surface area (Å²) >= 11 is 0. The quantitative estimate of drug-likeness (QED) is 0.196. The fourth-order valence-electron chi connectivity index (χ4n) is 6.22. The fraction of sp³-hybridized carbons (Fsp3) is 0. The molecule has 9 aromatic rings. The lowest BCUT2D eigenvalue weighted by Crippen LogP contribution is -2.00. The normalized spacial score (nSPS) is 11.4. The van der Waals surface area contributed by atoms with E-state index in [-0.39, 0.29) is 0 Å². The lowest BCUT2D eigenvalue weighted by molar-refractivity contribution is 0.672. The predicted octanol–water partition coefficient (Wildman–Crippen LogP) is 10.7. The third kappa shape index (κ3) is 4.82. The molecule has 3 aromatic heterocycles. The molecule has 0 spiro atoms. The van der Waals surface area contributed by atoms with Crippen molar-refractivity contribution in [2.45, 2.75) is 0 Å². The number of para-hydroxylation sites is 1. The molecule has 9 rings (SSSR count). The molecule has 5 nitrogen and oxygen atoms in total. The first-order chi connectivity index (χ1) is 23.3. The Hall–Kier alpha value is -6.46. The summed E-state index contributed by atoms with van der Waals surface area (Å²) in [5, 5.41) is 3.05. The van der Waals surface area contributed by atoms with Gasteiger partial charge in [0, 0.05) is 33.0 Å². The Morgan fingerprint density at radius 2 is 0.894 bits per heavy atom. The van der Waals surface area contributed by atoms with Crippen molar-refractivity contribution in [3.05, 3.63) is 158 Å². The van der Waals surface area contributed by atoms with Crippen LogP contribution in [0.4, 0.5) is 0 Å². The molecule has 0 saturated heterocycles. The third-order valence-corrected chi connectivity index (χ3v) is 8.51. The van der Waals surface area contributed by atoms with Crippen LogP contribution in [0.5, 0.6) is 0 Å². The van der Waals surface area contributed by atoms with Crippen molar-refractivity contribution in [1.29, 1.82) is 0 Å². The van der Waals surface area contributed by atoms with E-state index in [1.165, 1.54) is 0 Å². The summed E-state index contributed by atoms with van der Waals surface area (Å²) in [5.41, 5.74) is 9.44. The van der Waals surface area contributed by atoms with Gasteiger partial charge in [-0.25, -0.2) is 19.9 Å². The number of aromatic nitrogens is 4. The zero-order chi connectivity index (χ0) is 31.2. The SMILES string of the molecule is c1ccc(-c2nc(-c3ccccc3)nc(-c3cccc(-c4ccc5nc(-c6ccccc6)c6c7ccccc7oc6c5c4)c3)n2)cc1. The Balaban J connectivity index is 1.20. The van der Waals surface area contributed by atoms with Gasteiger partial charge in [0.15, 0.2) is 17.5 Å². The number of hydrogen-bond donors (Lipinski definition) is 0. The molecule has 0 amide bonds. The number of nitrogens with zero attached hydrogens (tertiary/aromatic N) is 4. The zero-order valence-corrected chi connectivity index (χ0v) is 25.2. The molecule has 0 fully saturated rings. The van der Waals surface area contributed by atoms with E-state index in [1.807, 2.05) is 97.1 Å². The highest BCUT2D eigenvalue weighted by Gasteiger charge is 2.18. The molecule has 5 heteroatoms.